The average molecular weight is 487 g/mol. The van der Waals surface area contributed by atoms with E-state index in [2.05, 4.69) is 4.72 Å². The number of rotatable bonds is 9. The summed E-state index contributed by atoms with van der Waals surface area (Å²) in [5, 5.41) is 0. The Morgan fingerprint density at radius 3 is 2.21 bits per heavy atom. The number of nitrogens with one attached hydrogen (secondary N) is 1. The van der Waals surface area contributed by atoms with Crippen molar-refractivity contribution in [3.8, 4) is 5.75 Å². The van der Waals surface area contributed by atoms with Gasteiger partial charge in [0.2, 0.25) is 10.0 Å². The summed E-state index contributed by atoms with van der Waals surface area (Å²) in [7, 11) is -7.88. The van der Waals surface area contributed by atoms with Crippen molar-refractivity contribution in [2.24, 2.45) is 0 Å². The smallest absolute Gasteiger partial charge is 0.264 e. The van der Waals surface area contributed by atoms with Gasteiger partial charge in [-0.3, -0.25) is 4.72 Å². The molecule has 0 aliphatic rings. The maximum Gasteiger partial charge on any atom is 0.264 e. The van der Waals surface area contributed by atoms with Crippen LogP contribution >= 0.6 is 34.5 Å². The molecule has 0 saturated heterocycles. The number of nitrogens with zero attached hydrogens (tertiary/aromatic N) is 1. The molecule has 12 heteroatoms. The lowest BCUT2D eigenvalue weighted by Gasteiger charge is -2.20. The zero-order chi connectivity index (χ0) is 21.1. The number of hydrogen-bond donors (Lipinski definition) is 1. The van der Waals surface area contributed by atoms with Crippen LogP contribution in [0.5, 0.6) is 5.75 Å². The van der Waals surface area contributed by atoms with E-state index >= 15 is 0 Å². The fraction of sp³-hybridized carbons (Fsp3) is 0.375. The van der Waals surface area contributed by atoms with Crippen LogP contribution in [0.4, 0.5) is 5.69 Å². The Morgan fingerprint density at radius 1 is 1.07 bits per heavy atom. The number of thiophene rings is 1. The number of sulfonamides is 2. The highest BCUT2D eigenvalue weighted by Crippen LogP contribution is 2.37. The van der Waals surface area contributed by atoms with E-state index in [0.29, 0.717) is 0 Å². The maximum absolute atomic E-state index is 12.8. The summed E-state index contributed by atoms with van der Waals surface area (Å²) in [4.78, 5) is -0.240. The van der Waals surface area contributed by atoms with Crippen molar-refractivity contribution >= 4 is 60.3 Å². The van der Waals surface area contributed by atoms with Crippen molar-refractivity contribution in [3.05, 3.63) is 32.9 Å². The largest absolute Gasteiger partial charge is 0.492 e. The van der Waals surface area contributed by atoms with E-state index in [4.69, 9.17) is 27.9 Å². The number of anilines is 1. The van der Waals surface area contributed by atoms with Gasteiger partial charge in [-0.05, 0) is 31.2 Å². The molecule has 0 saturated carbocycles. The Balaban J connectivity index is 2.54. The third-order valence-corrected chi connectivity index (χ3v) is 8.92. The van der Waals surface area contributed by atoms with Crippen molar-refractivity contribution in [2.75, 3.05) is 24.4 Å². The van der Waals surface area contributed by atoms with Crippen molar-refractivity contribution in [2.45, 2.75) is 30.6 Å². The van der Waals surface area contributed by atoms with Gasteiger partial charge < -0.3 is 4.74 Å². The molecule has 0 amide bonds. The minimum absolute atomic E-state index is 0.00220. The fourth-order valence-corrected chi connectivity index (χ4v) is 7.15. The number of benzene rings is 1. The highest BCUT2D eigenvalue weighted by atomic mass is 35.5. The predicted octanol–water partition coefficient (Wildman–Crippen LogP) is 4.28. The van der Waals surface area contributed by atoms with Crippen LogP contribution in [0.2, 0.25) is 8.67 Å². The molecular formula is C16H20Cl2N2O5S3. The highest BCUT2D eigenvalue weighted by molar-refractivity contribution is 7.93. The number of ether oxygens (including phenoxy) is 1. The number of halogens is 2. The predicted molar refractivity (Wildman–Crippen MR) is 113 cm³/mol. The molecule has 0 spiro atoms. The van der Waals surface area contributed by atoms with Gasteiger partial charge >= 0.3 is 0 Å². The first kappa shape index (κ1) is 23.2. The van der Waals surface area contributed by atoms with E-state index in [1.54, 1.807) is 20.8 Å². The molecule has 1 heterocycles. The van der Waals surface area contributed by atoms with Gasteiger partial charge in [-0.25, -0.2) is 16.8 Å². The standard InChI is InChI=1S/C16H20Cl2N2O5S3/c1-4-20(5-2)28(23,24)11-7-8-13(25-6-3)12(9-11)19-27(21,22)14-10-15(17)26-16(14)18/h7-10,19H,4-6H2,1-3H3. The van der Waals surface area contributed by atoms with Crippen LogP contribution in [0.25, 0.3) is 0 Å². The molecule has 1 N–H and O–H groups in total. The summed E-state index contributed by atoms with van der Waals surface area (Å²) in [5.41, 5.74) is -0.00605. The van der Waals surface area contributed by atoms with E-state index in [0.717, 1.165) is 11.3 Å². The minimum Gasteiger partial charge on any atom is -0.492 e. The zero-order valence-corrected chi connectivity index (χ0v) is 19.4. The van der Waals surface area contributed by atoms with E-state index in [1.165, 1.54) is 28.6 Å². The highest BCUT2D eigenvalue weighted by Gasteiger charge is 2.26. The lowest BCUT2D eigenvalue weighted by atomic mass is 10.3. The number of hydrogen-bond acceptors (Lipinski definition) is 6. The second-order valence-electron chi connectivity index (χ2n) is 5.47. The Kier molecular flexibility index (Phi) is 7.62. The first-order valence-corrected chi connectivity index (χ1v) is 12.8. The summed E-state index contributed by atoms with van der Waals surface area (Å²) >= 11 is 12.7. The van der Waals surface area contributed by atoms with Crippen molar-refractivity contribution < 1.29 is 21.6 Å². The van der Waals surface area contributed by atoms with E-state index < -0.39 is 20.0 Å². The van der Waals surface area contributed by atoms with Crippen LogP contribution in [0.15, 0.2) is 34.1 Å². The van der Waals surface area contributed by atoms with Gasteiger partial charge in [-0.1, -0.05) is 37.0 Å². The molecule has 7 nitrogen and oxygen atoms in total. The molecule has 1 aromatic heterocycles. The van der Waals surface area contributed by atoms with Crippen LogP contribution in [0.1, 0.15) is 20.8 Å². The van der Waals surface area contributed by atoms with Gasteiger partial charge in [0, 0.05) is 13.1 Å². The van der Waals surface area contributed by atoms with Crippen LogP contribution in [-0.2, 0) is 20.0 Å². The second kappa shape index (κ2) is 9.19. The molecule has 2 aromatic rings. The monoisotopic (exact) mass is 486 g/mol. The maximum atomic E-state index is 12.8. The van der Waals surface area contributed by atoms with E-state index in [1.807, 2.05) is 0 Å². The summed E-state index contributed by atoms with van der Waals surface area (Å²) in [6, 6.07) is 5.26. The van der Waals surface area contributed by atoms with Crippen LogP contribution in [-0.4, -0.2) is 40.8 Å². The average Bonchev–Trinajstić information content (AvgIpc) is 2.96. The Labute approximate surface area is 179 Å². The lowest BCUT2D eigenvalue weighted by Crippen LogP contribution is -2.30. The summed E-state index contributed by atoms with van der Waals surface area (Å²) in [6.07, 6.45) is 0. The van der Waals surface area contributed by atoms with Crippen molar-refractivity contribution in [3.63, 3.8) is 0 Å². The molecule has 2 rings (SSSR count). The Morgan fingerprint density at radius 2 is 1.71 bits per heavy atom. The third kappa shape index (κ3) is 4.92. The zero-order valence-electron chi connectivity index (χ0n) is 15.4. The van der Waals surface area contributed by atoms with Gasteiger partial charge in [0.25, 0.3) is 10.0 Å². The SMILES string of the molecule is CCOc1ccc(S(=O)(=O)N(CC)CC)cc1NS(=O)(=O)c1cc(Cl)sc1Cl. The molecule has 1 aromatic carbocycles. The molecule has 0 aliphatic heterocycles. The minimum atomic E-state index is -4.10. The molecule has 0 atom stereocenters. The van der Waals surface area contributed by atoms with Gasteiger partial charge in [0.15, 0.2) is 0 Å². The first-order valence-electron chi connectivity index (χ1n) is 8.31. The normalized spacial score (nSPS) is 12.4. The molecule has 0 unspecified atom stereocenters. The fourth-order valence-electron chi connectivity index (χ4n) is 2.45. The van der Waals surface area contributed by atoms with Crippen molar-refractivity contribution in [1.82, 2.24) is 4.31 Å². The van der Waals surface area contributed by atoms with E-state index in [-0.39, 0.29) is 49.6 Å². The Bertz CT molecular complexity index is 1050. The lowest BCUT2D eigenvalue weighted by molar-refractivity contribution is 0.341. The molecule has 156 valence electrons. The molecule has 0 radical (unpaired) electrons. The molecule has 0 bridgehead atoms. The summed E-state index contributed by atoms with van der Waals surface area (Å²) in [6.45, 7) is 6.02. The Hall–Kier alpha value is -1.04. The van der Waals surface area contributed by atoms with Gasteiger partial charge in [0.1, 0.15) is 15.0 Å². The third-order valence-electron chi connectivity index (χ3n) is 3.75. The van der Waals surface area contributed by atoms with Gasteiger partial charge in [-0.15, -0.1) is 11.3 Å². The summed E-state index contributed by atoms with van der Waals surface area (Å²) < 4.78 is 60.3. The van der Waals surface area contributed by atoms with Gasteiger partial charge in [0.05, 0.1) is 21.5 Å². The summed E-state index contributed by atoms with van der Waals surface area (Å²) in [5.74, 6) is 0.196. The topological polar surface area (TPSA) is 92.8 Å². The molecule has 28 heavy (non-hydrogen) atoms. The van der Waals surface area contributed by atoms with E-state index in [9.17, 15) is 16.8 Å². The molecular weight excluding hydrogens is 467 g/mol. The molecule has 0 fully saturated rings. The quantitative estimate of drug-likeness (QED) is 0.570. The van der Waals surface area contributed by atoms with Crippen molar-refractivity contribution in [1.29, 1.82) is 0 Å². The van der Waals surface area contributed by atoms with Crippen LogP contribution in [0.3, 0.4) is 0 Å². The van der Waals surface area contributed by atoms with Gasteiger partial charge in [-0.2, -0.15) is 4.31 Å². The van der Waals surface area contributed by atoms with Crippen LogP contribution in [0, 0.1) is 0 Å². The molecule has 0 aliphatic carbocycles. The first-order chi connectivity index (χ1) is 13.1. The van der Waals surface area contributed by atoms with Crippen LogP contribution < -0.4 is 9.46 Å². The second-order valence-corrected chi connectivity index (χ2v) is 11.3.